The number of thiophene rings is 1. The van der Waals surface area contributed by atoms with Crippen molar-refractivity contribution in [3.8, 4) is 0 Å². The molecule has 0 unspecified atom stereocenters. The van der Waals surface area contributed by atoms with Gasteiger partial charge in [-0.2, -0.15) is 0 Å². The number of carbonyl (C=O) groups excluding carboxylic acids is 2. The van der Waals surface area contributed by atoms with Gasteiger partial charge in [0.25, 0.3) is 5.91 Å². The Kier molecular flexibility index (Phi) is 5.89. The van der Waals surface area contributed by atoms with Gasteiger partial charge < -0.3 is 15.4 Å². The third kappa shape index (κ3) is 3.98. The minimum absolute atomic E-state index is 0.00458. The lowest BCUT2D eigenvalue weighted by molar-refractivity contribution is -0.116. The normalized spacial score (nSPS) is 19.3. The molecule has 1 aliphatic carbocycles. The molecular formula is C18H26N2O3S. The maximum atomic E-state index is 12.7. The van der Waals surface area contributed by atoms with Crippen LogP contribution in [-0.4, -0.2) is 31.1 Å². The highest BCUT2D eigenvalue weighted by Gasteiger charge is 2.28. The molecule has 0 aromatic carbocycles. The van der Waals surface area contributed by atoms with E-state index in [-0.39, 0.29) is 17.9 Å². The highest BCUT2D eigenvalue weighted by molar-refractivity contribution is 7.17. The predicted molar refractivity (Wildman–Crippen MR) is 95.8 cm³/mol. The van der Waals surface area contributed by atoms with Gasteiger partial charge in [0, 0.05) is 24.4 Å². The zero-order valence-electron chi connectivity index (χ0n) is 14.3. The summed E-state index contributed by atoms with van der Waals surface area (Å²) in [5.41, 5.74) is 1.82. The molecule has 2 heterocycles. The molecule has 0 bridgehead atoms. The van der Waals surface area contributed by atoms with Crippen LogP contribution in [0.3, 0.4) is 0 Å². The number of ether oxygens (including phenoxy) is 1. The van der Waals surface area contributed by atoms with Crippen molar-refractivity contribution in [1.29, 1.82) is 0 Å². The number of anilines is 1. The molecule has 6 heteroatoms. The molecule has 1 aromatic rings. The van der Waals surface area contributed by atoms with Gasteiger partial charge in [0.05, 0.1) is 11.7 Å². The molecule has 2 N–H and O–H groups in total. The number of carbonyl (C=O) groups is 2. The minimum Gasteiger partial charge on any atom is -0.376 e. The molecule has 0 radical (unpaired) electrons. The van der Waals surface area contributed by atoms with E-state index in [2.05, 4.69) is 17.6 Å². The second kappa shape index (κ2) is 8.12. The summed E-state index contributed by atoms with van der Waals surface area (Å²) in [6, 6.07) is 0. The zero-order valence-corrected chi connectivity index (χ0v) is 15.1. The molecule has 5 nitrogen and oxygen atoms in total. The summed E-state index contributed by atoms with van der Waals surface area (Å²) >= 11 is 1.57. The van der Waals surface area contributed by atoms with Gasteiger partial charge in [-0.25, -0.2) is 0 Å². The first-order chi connectivity index (χ1) is 11.7. The standard InChI is InChI=1S/C18H26N2O3S/c1-2-3-9-15(21)20-18-16(13-7-4-8-14(13)24-18)17(22)19-11-12-6-5-10-23-12/h12H,2-11H2,1H3,(H,19,22)(H,20,21)/t12-/m0/s1. The topological polar surface area (TPSA) is 67.4 Å². The number of unbranched alkanes of at least 4 members (excludes halogenated alkanes) is 1. The van der Waals surface area contributed by atoms with E-state index < -0.39 is 0 Å². The van der Waals surface area contributed by atoms with Crippen LogP contribution in [-0.2, 0) is 22.4 Å². The third-order valence-corrected chi connectivity index (χ3v) is 5.88. The molecule has 0 spiro atoms. The van der Waals surface area contributed by atoms with Crippen molar-refractivity contribution in [2.24, 2.45) is 0 Å². The van der Waals surface area contributed by atoms with E-state index in [0.29, 0.717) is 18.5 Å². The molecule has 1 fully saturated rings. The summed E-state index contributed by atoms with van der Waals surface area (Å²) < 4.78 is 5.57. The number of amides is 2. The highest BCUT2D eigenvalue weighted by Crippen LogP contribution is 2.39. The van der Waals surface area contributed by atoms with E-state index in [1.54, 1.807) is 11.3 Å². The quantitative estimate of drug-likeness (QED) is 0.793. The van der Waals surface area contributed by atoms with Crippen LogP contribution >= 0.6 is 11.3 Å². The molecule has 24 heavy (non-hydrogen) atoms. The SMILES string of the molecule is CCCCC(=O)Nc1sc2c(c1C(=O)NC[C@@H]1CCCO1)CCC2. The molecule has 1 saturated heterocycles. The van der Waals surface area contributed by atoms with E-state index in [1.807, 2.05) is 0 Å². The van der Waals surface area contributed by atoms with Crippen molar-refractivity contribution < 1.29 is 14.3 Å². The summed E-state index contributed by atoms with van der Waals surface area (Å²) in [6.45, 7) is 3.40. The Balaban J connectivity index is 1.69. The average Bonchev–Trinajstić information content (AvgIpc) is 3.27. The smallest absolute Gasteiger partial charge is 0.254 e. The van der Waals surface area contributed by atoms with E-state index in [4.69, 9.17) is 4.74 Å². The van der Waals surface area contributed by atoms with Crippen LogP contribution in [0, 0.1) is 0 Å². The van der Waals surface area contributed by atoms with E-state index >= 15 is 0 Å². The molecule has 3 rings (SSSR count). The summed E-state index contributed by atoms with van der Waals surface area (Å²) in [5, 5.41) is 6.70. The lowest BCUT2D eigenvalue weighted by Crippen LogP contribution is -2.32. The molecule has 2 amide bonds. The minimum atomic E-state index is -0.0734. The lowest BCUT2D eigenvalue weighted by Gasteiger charge is -2.12. The fourth-order valence-corrected chi connectivity index (χ4v) is 4.66. The van der Waals surface area contributed by atoms with E-state index in [1.165, 1.54) is 4.88 Å². The van der Waals surface area contributed by atoms with Gasteiger partial charge >= 0.3 is 0 Å². The largest absolute Gasteiger partial charge is 0.376 e. The van der Waals surface area contributed by atoms with Crippen LogP contribution in [0.5, 0.6) is 0 Å². The van der Waals surface area contributed by atoms with Gasteiger partial charge in [-0.05, 0) is 44.1 Å². The van der Waals surface area contributed by atoms with Crippen molar-refractivity contribution in [3.05, 3.63) is 16.0 Å². The van der Waals surface area contributed by atoms with Crippen LogP contribution in [0.15, 0.2) is 0 Å². The maximum absolute atomic E-state index is 12.7. The Labute approximate surface area is 147 Å². The van der Waals surface area contributed by atoms with Gasteiger partial charge in [0.2, 0.25) is 5.91 Å². The first kappa shape index (κ1) is 17.4. The Morgan fingerprint density at radius 2 is 2.17 bits per heavy atom. The Morgan fingerprint density at radius 3 is 2.92 bits per heavy atom. The number of rotatable bonds is 7. The number of aryl methyl sites for hydroxylation is 1. The molecule has 1 atom stereocenters. The number of hydrogen-bond donors (Lipinski definition) is 2. The maximum Gasteiger partial charge on any atom is 0.254 e. The number of nitrogens with one attached hydrogen (secondary N) is 2. The summed E-state index contributed by atoms with van der Waals surface area (Å²) in [5.74, 6) is -0.0689. The summed E-state index contributed by atoms with van der Waals surface area (Å²) in [6.07, 6.45) is 7.60. The first-order valence-electron chi connectivity index (χ1n) is 9.03. The van der Waals surface area contributed by atoms with Crippen molar-refractivity contribution in [1.82, 2.24) is 5.32 Å². The van der Waals surface area contributed by atoms with Crippen LogP contribution in [0.4, 0.5) is 5.00 Å². The second-order valence-corrected chi connectivity index (χ2v) is 7.66. The molecule has 2 aliphatic rings. The van der Waals surface area contributed by atoms with Crippen molar-refractivity contribution in [3.63, 3.8) is 0 Å². The zero-order chi connectivity index (χ0) is 16.9. The predicted octanol–water partition coefficient (Wildman–Crippen LogP) is 3.27. The second-order valence-electron chi connectivity index (χ2n) is 6.56. The van der Waals surface area contributed by atoms with Gasteiger partial charge in [0.1, 0.15) is 5.00 Å². The van der Waals surface area contributed by atoms with Crippen molar-refractivity contribution in [2.45, 2.75) is 64.4 Å². The van der Waals surface area contributed by atoms with Gasteiger partial charge in [-0.1, -0.05) is 13.3 Å². The summed E-state index contributed by atoms with van der Waals surface area (Å²) in [7, 11) is 0. The fourth-order valence-electron chi connectivity index (χ4n) is 3.36. The Morgan fingerprint density at radius 1 is 1.29 bits per heavy atom. The van der Waals surface area contributed by atoms with Crippen LogP contribution < -0.4 is 10.6 Å². The fraction of sp³-hybridized carbons (Fsp3) is 0.667. The molecule has 132 valence electrons. The van der Waals surface area contributed by atoms with Gasteiger partial charge in [0.15, 0.2) is 0 Å². The number of fused-ring (bicyclic) bond motifs is 1. The van der Waals surface area contributed by atoms with Crippen LogP contribution in [0.25, 0.3) is 0 Å². The molecular weight excluding hydrogens is 324 g/mol. The van der Waals surface area contributed by atoms with Crippen LogP contribution in [0.1, 0.15) is 66.2 Å². The van der Waals surface area contributed by atoms with Gasteiger partial charge in [-0.3, -0.25) is 9.59 Å². The van der Waals surface area contributed by atoms with Gasteiger partial charge in [-0.15, -0.1) is 11.3 Å². The average molecular weight is 350 g/mol. The third-order valence-electron chi connectivity index (χ3n) is 4.67. The Hall–Kier alpha value is -1.40. The molecule has 1 aliphatic heterocycles. The lowest BCUT2D eigenvalue weighted by atomic mass is 10.1. The molecule has 1 aromatic heterocycles. The van der Waals surface area contributed by atoms with E-state index in [0.717, 1.165) is 62.1 Å². The highest BCUT2D eigenvalue weighted by atomic mass is 32.1. The first-order valence-corrected chi connectivity index (χ1v) is 9.85. The van der Waals surface area contributed by atoms with Crippen LogP contribution in [0.2, 0.25) is 0 Å². The summed E-state index contributed by atoms with van der Waals surface area (Å²) in [4.78, 5) is 26.1. The Bertz CT molecular complexity index is 606. The van der Waals surface area contributed by atoms with Crippen molar-refractivity contribution >= 4 is 28.2 Å². The van der Waals surface area contributed by atoms with Crippen molar-refractivity contribution in [2.75, 3.05) is 18.5 Å². The monoisotopic (exact) mass is 350 g/mol. The van der Waals surface area contributed by atoms with E-state index in [9.17, 15) is 9.59 Å². The molecule has 0 saturated carbocycles. The number of hydrogen-bond acceptors (Lipinski definition) is 4.